The molecule has 2 heterocycles. The summed E-state index contributed by atoms with van der Waals surface area (Å²) in [5, 5.41) is 4.65. The summed E-state index contributed by atoms with van der Waals surface area (Å²) in [5.74, 6) is 0. The van der Waals surface area contributed by atoms with Gasteiger partial charge in [-0.15, -0.1) is 11.3 Å². The molecule has 2 aromatic heterocycles. The van der Waals surface area contributed by atoms with E-state index in [1.165, 1.54) is 16.3 Å². The molecule has 0 saturated carbocycles. The Balaban J connectivity index is 1.90. The van der Waals surface area contributed by atoms with Gasteiger partial charge in [0.1, 0.15) is 0 Å². The zero-order valence-electron chi connectivity index (χ0n) is 14.5. The second kappa shape index (κ2) is 7.64. The van der Waals surface area contributed by atoms with Crippen molar-refractivity contribution in [2.75, 3.05) is 13.7 Å². The van der Waals surface area contributed by atoms with Crippen molar-refractivity contribution >= 4 is 27.8 Å². The molecule has 26 heavy (non-hydrogen) atoms. The van der Waals surface area contributed by atoms with Crippen LogP contribution in [0.2, 0.25) is 0 Å². The maximum absolute atomic E-state index is 5.33. The van der Waals surface area contributed by atoms with Gasteiger partial charge in [-0.05, 0) is 22.9 Å². The standard InChI is InChI=1S/C21H19N3OS/c1-25-13-12-24-20(15-26-21(24)23-17-8-5-11-22-14-17)19-10-4-7-16-6-2-3-9-18(16)19/h2-11,14-15H,12-13H2,1H3. The molecule has 4 aromatic rings. The molecule has 0 bridgehead atoms. The van der Waals surface area contributed by atoms with Gasteiger partial charge in [-0.3, -0.25) is 4.98 Å². The lowest BCUT2D eigenvalue weighted by Gasteiger charge is -2.11. The topological polar surface area (TPSA) is 39.4 Å². The Morgan fingerprint density at radius 3 is 2.81 bits per heavy atom. The van der Waals surface area contributed by atoms with Crippen LogP contribution in [0.1, 0.15) is 0 Å². The van der Waals surface area contributed by atoms with Crippen LogP contribution in [0.3, 0.4) is 0 Å². The largest absolute Gasteiger partial charge is 0.383 e. The number of nitrogens with zero attached hydrogens (tertiary/aromatic N) is 3. The third-order valence-corrected chi connectivity index (χ3v) is 5.12. The van der Waals surface area contributed by atoms with E-state index in [2.05, 4.69) is 57.4 Å². The number of benzene rings is 2. The molecule has 130 valence electrons. The second-order valence-electron chi connectivity index (χ2n) is 5.90. The number of thiazole rings is 1. The van der Waals surface area contributed by atoms with E-state index in [4.69, 9.17) is 9.73 Å². The molecular formula is C21H19N3OS. The molecule has 0 aliphatic heterocycles. The van der Waals surface area contributed by atoms with Crippen molar-refractivity contribution in [2.24, 2.45) is 4.99 Å². The van der Waals surface area contributed by atoms with E-state index in [9.17, 15) is 0 Å². The molecular weight excluding hydrogens is 342 g/mol. The summed E-state index contributed by atoms with van der Waals surface area (Å²) < 4.78 is 7.55. The summed E-state index contributed by atoms with van der Waals surface area (Å²) in [6.45, 7) is 1.38. The van der Waals surface area contributed by atoms with Gasteiger partial charge >= 0.3 is 0 Å². The van der Waals surface area contributed by atoms with Gasteiger partial charge in [0.15, 0.2) is 4.80 Å². The molecule has 4 rings (SSSR count). The highest BCUT2D eigenvalue weighted by Crippen LogP contribution is 2.29. The highest BCUT2D eigenvalue weighted by atomic mass is 32.1. The highest BCUT2D eigenvalue weighted by Gasteiger charge is 2.11. The van der Waals surface area contributed by atoms with Crippen LogP contribution < -0.4 is 4.80 Å². The quantitative estimate of drug-likeness (QED) is 0.519. The molecule has 0 atom stereocenters. The molecule has 0 unspecified atom stereocenters. The molecule has 2 aromatic carbocycles. The van der Waals surface area contributed by atoms with Crippen LogP contribution in [0.15, 0.2) is 77.4 Å². The number of rotatable bonds is 5. The van der Waals surface area contributed by atoms with Crippen molar-refractivity contribution in [3.8, 4) is 11.3 Å². The summed E-state index contributed by atoms with van der Waals surface area (Å²) >= 11 is 1.64. The van der Waals surface area contributed by atoms with Crippen molar-refractivity contribution in [3.63, 3.8) is 0 Å². The summed E-state index contributed by atoms with van der Waals surface area (Å²) in [6, 6.07) is 18.7. The number of fused-ring (bicyclic) bond motifs is 1. The Morgan fingerprint density at radius 2 is 1.96 bits per heavy atom. The molecule has 5 heteroatoms. The summed E-state index contributed by atoms with van der Waals surface area (Å²) in [4.78, 5) is 9.88. The van der Waals surface area contributed by atoms with Gasteiger partial charge < -0.3 is 9.30 Å². The smallest absolute Gasteiger partial charge is 0.190 e. The SMILES string of the molecule is COCCn1c(-c2cccc3ccccc23)csc1=Nc1cccnc1. The maximum atomic E-state index is 5.33. The van der Waals surface area contributed by atoms with Crippen LogP contribution >= 0.6 is 11.3 Å². The highest BCUT2D eigenvalue weighted by molar-refractivity contribution is 7.07. The second-order valence-corrected chi connectivity index (χ2v) is 6.73. The molecule has 0 spiro atoms. The number of hydrogen-bond acceptors (Lipinski definition) is 4. The lowest BCUT2D eigenvalue weighted by molar-refractivity contribution is 0.187. The molecule has 4 nitrogen and oxygen atoms in total. The van der Waals surface area contributed by atoms with Crippen LogP contribution in [0, 0.1) is 0 Å². The Labute approximate surface area is 156 Å². The van der Waals surface area contributed by atoms with Crippen LogP contribution in [-0.2, 0) is 11.3 Å². The molecule has 0 N–H and O–H groups in total. The predicted molar refractivity (Wildman–Crippen MR) is 107 cm³/mol. The van der Waals surface area contributed by atoms with E-state index in [1.807, 2.05) is 12.1 Å². The number of hydrogen-bond donors (Lipinski definition) is 0. The molecule has 0 radical (unpaired) electrons. The first-order chi connectivity index (χ1) is 12.9. The lowest BCUT2D eigenvalue weighted by atomic mass is 10.0. The average molecular weight is 361 g/mol. The minimum atomic E-state index is 0.634. The van der Waals surface area contributed by atoms with Gasteiger partial charge in [-0.25, -0.2) is 4.99 Å². The third-order valence-electron chi connectivity index (χ3n) is 4.25. The Kier molecular flexibility index (Phi) is 4.91. The molecule has 0 amide bonds. The number of ether oxygens (including phenoxy) is 1. The fourth-order valence-corrected chi connectivity index (χ4v) is 3.96. The maximum Gasteiger partial charge on any atom is 0.190 e. The van der Waals surface area contributed by atoms with Gasteiger partial charge in [-0.2, -0.15) is 0 Å². The Morgan fingerprint density at radius 1 is 1.08 bits per heavy atom. The Hall–Kier alpha value is -2.76. The first-order valence-corrected chi connectivity index (χ1v) is 9.35. The van der Waals surface area contributed by atoms with Crippen molar-refractivity contribution in [2.45, 2.75) is 6.54 Å². The number of aromatic nitrogens is 2. The average Bonchev–Trinajstić information content (AvgIpc) is 3.09. The van der Waals surface area contributed by atoms with E-state index < -0.39 is 0 Å². The molecule has 0 aliphatic carbocycles. The third kappa shape index (κ3) is 3.31. The molecule has 0 fully saturated rings. The van der Waals surface area contributed by atoms with E-state index >= 15 is 0 Å². The van der Waals surface area contributed by atoms with Crippen molar-refractivity contribution in [1.82, 2.24) is 9.55 Å². The van der Waals surface area contributed by atoms with Crippen LogP contribution in [0.25, 0.3) is 22.0 Å². The van der Waals surface area contributed by atoms with E-state index in [-0.39, 0.29) is 0 Å². The summed E-state index contributed by atoms with van der Waals surface area (Å²) in [6.07, 6.45) is 3.53. The molecule has 0 aliphatic rings. The van der Waals surface area contributed by atoms with Gasteiger partial charge in [0.2, 0.25) is 0 Å². The van der Waals surface area contributed by atoms with Crippen molar-refractivity contribution < 1.29 is 4.74 Å². The number of pyridine rings is 1. The minimum absolute atomic E-state index is 0.634. The first-order valence-electron chi connectivity index (χ1n) is 8.47. The van der Waals surface area contributed by atoms with Gasteiger partial charge in [0.25, 0.3) is 0 Å². The summed E-state index contributed by atoms with van der Waals surface area (Å²) in [7, 11) is 1.72. The zero-order chi connectivity index (χ0) is 17.8. The van der Waals surface area contributed by atoms with E-state index in [0.717, 1.165) is 22.7 Å². The monoisotopic (exact) mass is 361 g/mol. The summed E-state index contributed by atoms with van der Waals surface area (Å²) in [5.41, 5.74) is 3.22. The van der Waals surface area contributed by atoms with E-state index in [1.54, 1.807) is 30.8 Å². The van der Waals surface area contributed by atoms with Crippen LogP contribution in [0.4, 0.5) is 5.69 Å². The fourth-order valence-electron chi connectivity index (χ4n) is 3.01. The first kappa shape index (κ1) is 16.7. The van der Waals surface area contributed by atoms with Gasteiger partial charge in [0, 0.05) is 30.8 Å². The van der Waals surface area contributed by atoms with Crippen LogP contribution in [0.5, 0.6) is 0 Å². The van der Waals surface area contributed by atoms with Crippen molar-refractivity contribution in [3.05, 3.63) is 77.2 Å². The van der Waals surface area contributed by atoms with Gasteiger partial charge in [0.05, 0.1) is 24.2 Å². The van der Waals surface area contributed by atoms with Gasteiger partial charge in [-0.1, -0.05) is 42.5 Å². The van der Waals surface area contributed by atoms with E-state index in [0.29, 0.717) is 6.61 Å². The number of methoxy groups -OCH3 is 1. The lowest BCUT2D eigenvalue weighted by Crippen LogP contribution is -2.18. The predicted octanol–water partition coefficient (Wildman–Crippen LogP) is 4.64. The zero-order valence-corrected chi connectivity index (χ0v) is 15.3. The molecule has 0 saturated heterocycles. The normalized spacial score (nSPS) is 12.0. The van der Waals surface area contributed by atoms with Crippen LogP contribution in [-0.4, -0.2) is 23.3 Å². The fraction of sp³-hybridized carbons (Fsp3) is 0.143. The minimum Gasteiger partial charge on any atom is -0.383 e. The van der Waals surface area contributed by atoms with Crippen molar-refractivity contribution in [1.29, 1.82) is 0 Å². The Bertz CT molecular complexity index is 1080.